The predicted octanol–water partition coefficient (Wildman–Crippen LogP) is 2.51. The maximum Gasteiger partial charge on any atom is 0.325 e. The van der Waals surface area contributed by atoms with Crippen molar-refractivity contribution < 1.29 is 14.3 Å². The van der Waals surface area contributed by atoms with Crippen LogP contribution in [0.25, 0.3) is 0 Å². The Balaban J connectivity index is 3.97. The number of esters is 1. The van der Waals surface area contributed by atoms with Crippen molar-refractivity contribution in [1.29, 1.82) is 0 Å². The van der Waals surface area contributed by atoms with Gasteiger partial charge in [0.1, 0.15) is 5.54 Å². The summed E-state index contributed by atoms with van der Waals surface area (Å²) in [5, 5.41) is 3.02. The van der Waals surface area contributed by atoms with E-state index in [9.17, 15) is 4.79 Å². The molecule has 0 aliphatic rings. The lowest BCUT2D eigenvalue weighted by Gasteiger charge is -2.29. The summed E-state index contributed by atoms with van der Waals surface area (Å²) in [5.74, 6) is -0.244. The van der Waals surface area contributed by atoms with Crippen LogP contribution in [-0.4, -0.2) is 38.4 Å². The maximum atomic E-state index is 11.7. The van der Waals surface area contributed by atoms with Crippen molar-refractivity contribution in [3.05, 3.63) is 0 Å². The summed E-state index contributed by atoms with van der Waals surface area (Å²) in [7, 11) is 3.18. The molecule has 0 aliphatic carbocycles. The molecule has 0 saturated heterocycles. The van der Waals surface area contributed by atoms with E-state index in [4.69, 9.17) is 9.47 Å². The Morgan fingerprint density at radius 1 is 1.33 bits per heavy atom. The van der Waals surface area contributed by atoms with Crippen LogP contribution in [0.5, 0.6) is 0 Å². The van der Waals surface area contributed by atoms with Crippen molar-refractivity contribution in [1.82, 2.24) is 5.32 Å². The van der Waals surface area contributed by atoms with Gasteiger partial charge in [-0.25, -0.2) is 0 Å². The molecule has 0 rings (SSSR count). The zero-order valence-electron chi connectivity index (χ0n) is 12.5. The molecular formula is C14H29NO3. The molecule has 0 aliphatic heterocycles. The highest BCUT2D eigenvalue weighted by molar-refractivity contribution is 5.80. The minimum atomic E-state index is -0.669. The van der Waals surface area contributed by atoms with E-state index in [2.05, 4.69) is 12.2 Å². The maximum absolute atomic E-state index is 11.7. The largest absolute Gasteiger partial charge is 0.468 e. The molecule has 2 unspecified atom stereocenters. The van der Waals surface area contributed by atoms with Gasteiger partial charge in [0.25, 0.3) is 0 Å². The fraction of sp³-hybridized carbons (Fsp3) is 0.929. The van der Waals surface area contributed by atoms with Gasteiger partial charge in [-0.2, -0.15) is 0 Å². The van der Waals surface area contributed by atoms with E-state index in [-0.39, 0.29) is 12.1 Å². The highest BCUT2D eigenvalue weighted by atomic mass is 16.5. The van der Waals surface area contributed by atoms with E-state index in [1.165, 1.54) is 26.4 Å². The van der Waals surface area contributed by atoms with E-state index < -0.39 is 5.54 Å². The molecule has 0 aromatic heterocycles. The number of hydrogen-bond donors (Lipinski definition) is 1. The molecular weight excluding hydrogens is 230 g/mol. The summed E-state index contributed by atoms with van der Waals surface area (Å²) in [6.07, 6.45) is 5.45. The van der Waals surface area contributed by atoms with Crippen molar-refractivity contribution in [2.24, 2.45) is 0 Å². The van der Waals surface area contributed by atoms with Crippen LogP contribution in [0.2, 0.25) is 0 Å². The van der Waals surface area contributed by atoms with E-state index in [0.29, 0.717) is 6.42 Å². The number of methoxy groups -OCH3 is 1. The van der Waals surface area contributed by atoms with Gasteiger partial charge in [-0.05, 0) is 27.3 Å². The lowest BCUT2D eigenvalue weighted by molar-refractivity contribution is -0.149. The fourth-order valence-electron chi connectivity index (χ4n) is 1.96. The first-order valence-corrected chi connectivity index (χ1v) is 6.89. The van der Waals surface area contributed by atoms with Gasteiger partial charge in [0, 0.05) is 13.0 Å². The molecule has 0 bridgehead atoms. The molecule has 0 aromatic rings. The number of unbranched alkanes of at least 4 members (excludes halogenated alkanes) is 3. The third-order valence-corrected chi connectivity index (χ3v) is 3.28. The summed E-state index contributed by atoms with van der Waals surface area (Å²) in [4.78, 5) is 11.7. The van der Waals surface area contributed by atoms with E-state index in [1.807, 2.05) is 13.8 Å². The van der Waals surface area contributed by atoms with Crippen molar-refractivity contribution in [2.75, 3.05) is 20.8 Å². The second kappa shape index (κ2) is 9.34. The summed E-state index contributed by atoms with van der Waals surface area (Å²) in [5.41, 5.74) is -0.669. The Bertz CT molecular complexity index is 233. The van der Waals surface area contributed by atoms with Gasteiger partial charge in [0.05, 0.1) is 13.2 Å². The first-order valence-electron chi connectivity index (χ1n) is 6.89. The van der Waals surface area contributed by atoms with Gasteiger partial charge in [0.2, 0.25) is 0 Å². The average Bonchev–Trinajstić information content (AvgIpc) is 2.37. The first kappa shape index (κ1) is 17.4. The molecule has 0 amide bonds. The standard InChI is InChI=1S/C14H29NO3/c1-6-7-8-9-10-18-12(2)11-14(3,15-4)13(16)17-5/h12,15H,6-11H2,1-5H3. The van der Waals surface area contributed by atoms with Crippen molar-refractivity contribution in [3.63, 3.8) is 0 Å². The van der Waals surface area contributed by atoms with Crippen LogP contribution in [0, 0.1) is 0 Å². The zero-order valence-corrected chi connectivity index (χ0v) is 12.5. The Hall–Kier alpha value is -0.610. The molecule has 0 saturated carbocycles. The number of rotatable bonds is 10. The van der Waals surface area contributed by atoms with Gasteiger partial charge in [0.15, 0.2) is 0 Å². The zero-order chi connectivity index (χ0) is 14.0. The Kier molecular flexibility index (Phi) is 9.02. The summed E-state index contributed by atoms with van der Waals surface area (Å²) in [6.45, 7) is 6.80. The fourth-order valence-corrected chi connectivity index (χ4v) is 1.96. The molecule has 0 heterocycles. The molecule has 1 N–H and O–H groups in total. The summed E-state index contributed by atoms with van der Waals surface area (Å²) >= 11 is 0. The van der Waals surface area contributed by atoms with Crippen molar-refractivity contribution in [2.45, 2.75) is 64.5 Å². The molecule has 4 heteroatoms. The van der Waals surface area contributed by atoms with Crippen LogP contribution in [0.1, 0.15) is 52.9 Å². The minimum absolute atomic E-state index is 0.0446. The number of likely N-dealkylation sites (N-methyl/N-ethyl adjacent to an activating group) is 1. The topological polar surface area (TPSA) is 47.6 Å². The second-order valence-electron chi connectivity index (χ2n) is 5.02. The number of carbonyl (C=O) groups is 1. The third-order valence-electron chi connectivity index (χ3n) is 3.28. The molecule has 2 atom stereocenters. The van der Waals surface area contributed by atoms with Crippen molar-refractivity contribution in [3.8, 4) is 0 Å². The molecule has 0 fully saturated rings. The first-order chi connectivity index (χ1) is 8.50. The summed E-state index contributed by atoms with van der Waals surface area (Å²) in [6, 6.07) is 0. The number of ether oxygens (including phenoxy) is 2. The Labute approximate surface area is 111 Å². The molecule has 0 spiro atoms. The number of hydrogen-bond acceptors (Lipinski definition) is 4. The van der Waals surface area contributed by atoms with E-state index in [1.54, 1.807) is 7.05 Å². The van der Waals surface area contributed by atoms with E-state index in [0.717, 1.165) is 13.0 Å². The SMILES string of the molecule is CCCCCCOC(C)CC(C)(NC)C(=O)OC. The highest BCUT2D eigenvalue weighted by Gasteiger charge is 2.34. The number of nitrogens with one attached hydrogen (secondary N) is 1. The van der Waals surface area contributed by atoms with Gasteiger partial charge >= 0.3 is 5.97 Å². The average molecular weight is 259 g/mol. The third kappa shape index (κ3) is 6.36. The monoisotopic (exact) mass is 259 g/mol. The van der Waals surface area contributed by atoms with Crippen LogP contribution < -0.4 is 5.32 Å². The van der Waals surface area contributed by atoms with Gasteiger partial charge in [-0.1, -0.05) is 26.2 Å². The van der Waals surface area contributed by atoms with Gasteiger partial charge in [-0.3, -0.25) is 4.79 Å². The Morgan fingerprint density at radius 2 is 2.00 bits per heavy atom. The minimum Gasteiger partial charge on any atom is -0.468 e. The molecule has 4 nitrogen and oxygen atoms in total. The smallest absolute Gasteiger partial charge is 0.325 e. The predicted molar refractivity (Wildman–Crippen MR) is 73.7 cm³/mol. The lowest BCUT2D eigenvalue weighted by Crippen LogP contribution is -2.50. The summed E-state index contributed by atoms with van der Waals surface area (Å²) < 4.78 is 10.5. The number of carbonyl (C=O) groups excluding carboxylic acids is 1. The molecule has 18 heavy (non-hydrogen) atoms. The molecule has 0 aromatic carbocycles. The van der Waals surface area contributed by atoms with Crippen molar-refractivity contribution >= 4 is 5.97 Å². The molecule has 0 radical (unpaired) electrons. The van der Waals surface area contributed by atoms with Crippen LogP contribution in [0.15, 0.2) is 0 Å². The van der Waals surface area contributed by atoms with Gasteiger partial charge < -0.3 is 14.8 Å². The van der Waals surface area contributed by atoms with Gasteiger partial charge in [-0.15, -0.1) is 0 Å². The second-order valence-corrected chi connectivity index (χ2v) is 5.02. The quantitative estimate of drug-likeness (QED) is 0.484. The van der Waals surface area contributed by atoms with Crippen LogP contribution in [0.4, 0.5) is 0 Å². The van der Waals surface area contributed by atoms with E-state index >= 15 is 0 Å². The van der Waals surface area contributed by atoms with Crippen LogP contribution in [0.3, 0.4) is 0 Å². The normalized spacial score (nSPS) is 16.1. The highest BCUT2D eigenvalue weighted by Crippen LogP contribution is 2.16. The van der Waals surface area contributed by atoms with Crippen LogP contribution in [-0.2, 0) is 14.3 Å². The Morgan fingerprint density at radius 3 is 2.50 bits per heavy atom. The molecule has 108 valence electrons. The lowest BCUT2D eigenvalue weighted by atomic mass is 9.95. The van der Waals surface area contributed by atoms with Crippen LogP contribution >= 0.6 is 0 Å².